The molecule has 0 aliphatic rings. The van der Waals surface area contributed by atoms with E-state index in [0.717, 1.165) is 11.3 Å². The standard InChI is InChI=1S/C15H22N2O3/c1-10(2)9-13(14(18)19)16-15(20)17(4)12-7-5-11(3)6-8-12/h5-8,10,13H,9H2,1-4H3,(H,16,20)(H,18,19)/t13-/m0/s1. The lowest BCUT2D eigenvalue weighted by Gasteiger charge is -2.22. The fourth-order valence-electron chi connectivity index (χ4n) is 1.82. The van der Waals surface area contributed by atoms with E-state index in [9.17, 15) is 9.59 Å². The first kappa shape index (κ1) is 16.0. The Kier molecular flexibility index (Phi) is 5.55. The molecule has 0 heterocycles. The number of carbonyl (C=O) groups excluding carboxylic acids is 1. The molecule has 1 aromatic carbocycles. The van der Waals surface area contributed by atoms with Crippen LogP contribution in [0.3, 0.4) is 0 Å². The zero-order valence-electron chi connectivity index (χ0n) is 12.4. The number of carbonyl (C=O) groups is 2. The minimum atomic E-state index is -1.01. The Morgan fingerprint density at radius 3 is 2.25 bits per heavy atom. The van der Waals surface area contributed by atoms with Crippen LogP contribution < -0.4 is 10.2 Å². The third-order valence-electron chi connectivity index (χ3n) is 3.03. The van der Waals surface area contributed by atoms with Gasteiger partial charge in [0.2, 0.25) is 0 Å². The largest absolute Gasteiger partial charge is 0.480 e. The number of carboxylic acids is 1. The molecule has 110 valence electrons. The van der Waals surface area contributed by atoms with E-state index in [4.69, 9.17) is 5.11 Å². The Labute approximate surface area is 119 Å². The van der Waals surface area contributed by atoms with Gasteiger partial charge >= 0.3 is 12.0 Å². The van der Waals surface area contributed by atoms with Crippen LogP contribution in [0.1, 0.15) is 25.8 Å². The molecule has 0 aromatic heterocycles. The fourth-order valence-corrected chi connectivity index (χ4v) is 1.82. The maximum atomic E-state index is 12.1. The Morgan fingerprint density at radius 1 is 1.25 bits per heavy atom. The number of urea groups is 1. The van der Waals surface area contributed by atoms with Crippen LogP contribution >= 0.6 is 0 Å². The molecule has 0 aliphatic heterocycles. The molecule has 1 aromatic rings. The van der Waals surface area contributed by atoms with Crippen LogP contribution in [0.15, 0.2) is 24.3 Å². The monoisotopic (exact) mass is 278 g/mol. The summed E-state index contributed by atoms with van der Waals surface area (Å²) in [5, 5.41) is 11.7. The Hall–Kier alpha value is -2.04. The number of nitrogens with one attached hydrogen (secondary N) is 1. The molecule has 20 heavy (non-hydrogen) atoms. The van der Waals surface area contributed by atoms with Crippen molar-refractivity contribution in [1.29, 1.82) is 0 Å². The molecule has 0 radical (unpaired) electrons. The molecule has 5 heteroatoms. The quantitative estimate of drug-likeness (QED) is 0.870. The van der Waals surface area contributed by atoms with E-state index >= 15 is 0 Å². The average molecular weight is 278 g/mol. The van der Waals surface area contributed by atoms with E-state index in [-0.39, 0.29) is 5.92 Å². The first-order valence-corrected chi connectivity index (χ1v) is 6.65. The van der Waals surface area contributed by atoms with Gasteiger partial charge in [0.05, 0.1) is 0 Å². The second kappa shape index (κ2) is 6.93. The third-order valence-corrected chi connectivity index (χ3v) is 3.03. The van der Waals surface area contributed by atoms with Crippen molar-refractivity contribution in [1.82, 2.24) is 5.32 Å². The molecular weight excluding hydrogens is 256 g/mol. The second-order valence-corrected chi connectivity index (χ2v) is 5.36. The summed E-state index contributed by atoms with van der Waals surface area (Å²) in [7, 11) is 1.62. The molecule has 0 fully saturated rings. The van der Waals surface area contributed by atoms with Crippen LogP contribution in [0.4, 0.5) is 10.5 Å². The summed E-state index contributed by atoms with van der Waals surface area (Å²) in [6, 6.07) is 6.18. The van der Waals surface area contributed by atoms with Crippen molar-refractivity contribution in [2.75, 3.05) is 11.9 Å². The van der Waals surface area contributed by atoms with Gasteiger partial charge in [0.15, 0.2) is 0 Å². The van der Waals surface area contributed by atoms with Gasteiger partial charge in [0.25, 0.3) is 0 Å². The number of anilines is 1. The molecule has 0 spiro atoms. The van der Waals surface area contributed by atoms with Gasteiger partial charge < -0.3 is 10.4 Å². The first-order valence-electron chi connectivity index (χ1n) is 6.65. The minimum absolute atomic E-state index is 0.195. The highest BCUT2D eigenvalue weighted by Gasteiger charge is 2.23. The lowest BCUT2D eigenvalue weighted by atomic mass is 10.0. The van der Waals surface area contributed by atoms with Gasteiger partial charge in [-0.3, -0.25) is 4.90 Å². The number of aryl methyl sites for hydroxylation is 1. The highest BCUT2D eigenvalue weighted by Crippen LogP contribution is 2.14. The van der Waals surface area contributed by atoms with Gasteiger partial charge in [0, 0.05) is 12.7 Å². The lowest BCUT2D eigenvalue weighted by Crippen LogP contribution is -2.47. The van der Waals surface area contributed by atoms with Crippen molar-refractivity contribution in [3.8, 4) is 0 Å². The summed E-state index contributed by atoms with van der Waals surface area (Å²) in [5.74, 6) is -0.814. The van der Waals surface area contributed by atoms with Crippen molar-refractivity contribution in [2.24, 2.45) is 5.92 Å². The number of benzene rings is 1. The van der Waals surface area contributed by atoms with Gasteiger partial charge in [0.1, 0.15) is 6.04 Å². The zero-order chi connectivity index (χ0) is 15.3. The summed E-state index contributed by atoms with van der Waals surface area (Å²) >= 11 is 0. The van der Waals surface area contributed by atoms with Gasteiger partial charge in [-0.15, -0.1) is 0 Å². The van der Waals surface area contributed by atoms with E-state index < -0.39 is 18.0 Å². The van der Waals surface area contributed by atoms with Crippen LogP contribution in [0.5, 0.6) is 0 Å². The number of nitrogens with zero attached hydrogens (tertiary/aromatic N) is 1. The third kappa shape index (κ3) is 4.57. The molecule has 0 aliphatic carbocycles. The first-order chi connectivity index (χ1) is 9.31. The normalized spacial score (nSPS) is 12.1. The SMILES string of the molecule is Cc1ccc(N(C)C(=O)N[C@@H](CC(C)C)C(=O)O)cc1. The van der Waals surface area contributed by atoms with E-state index in [1.807, 2.05) is 45.0 Å². The summed E-state index contributed by atoms with van der Waals surface area (Å²) < 4.78 is 0. The Balaban J connectivity index is 2.73. The molecular formula is C15H22N2O3. The summed E-state index contributed by atoms with van der Waals surface area (Å²) in [6.07, 6.45) is 0.406. The lowest BCUT2D eigenvalue weighted by molar-refractivity contribution is -0.139. The Bertz CT molecular complexity index is 469. The van der Waals surface area contributed by atoms with Crippen LogP contribution in [-0.4, -0.2) is 30.2 Å². The molecule has 2 N–H and O–H groups in total. The van der Waals surface area contributed by atoms with Crippen molar-refractivity contribution in [3.63, 3.8) is 0 Å². The Morgan fingerprint density at radius 2 is 1.80 bits per heavy atom. The molecule has 0 saturated heterocycles. The fraction of sp³-hybridized carbons (Fsp3) is 0.467. The van der Waals surface area contributed by atoms with Crippen molar-refractivity contribution < 1.29 is 14.7 Å². The zero-order valence-corrected chi connectivity index (χ0v) is 12.4. The maximum absolute atomic E-state index is 12.1. The van der Waals surface area contributed by atoms with E-state index in [1.54, 1.807) is 7.05 Å². The summed E-state index contributed by atoms with van der Waals surface area (Å²) in [6.45, 7) is 5.81. The van der Waals surface area contributed by atoms with Gasteiger partial charge in [-0.05, 0) is 31.4 Å². The van der Waals surface area contributed by atoms with E-state index in [0.29, 0.717) is 6.42 Å². The van der Waals surface area contributed by atoms with Crippen molar-refractivity contribution >= 4 is 17.7 Å². The predicted octanol–water partition coefficient (Wildman–Crippen LogP) is 2.64. The van der Waals surface area contributed by atoms with Gasteiger partial charge in [-0.2, -0.15) is 0 Å². The number of carboxylic acid groups (broad SMARTS) is 1. The minimum Gasteiger partial charge on any atom is -0.480 e. The van der Waals surface area contributed by atoms with Crippen LogP contribution in [0.25, 0.3) is 0 Å². The molecule has 1 rings (SSSR count). The topological polar surface area (TPSA) is 69.6 Å². The van der Waals surface area contributed by atoms with Crippen LogP contribution in [0.2, 0.25) is 0 Å². The van der Waals surface area contributed by atoms with Crippen LogP contribution in [0, 0.1) is 12.8 Å². The number of hydrogen-bond acceptors (Lipinski definition) is 2. The highest BCUT2D eigenvalue weighted by atomic mass is 16.4. The molecule has 2 amide bonds. The molecule has 5 nitrogen and oxygen atoms in total. The maximum Gasteiger partial charge on any atom is 0.326 e. The number of hydrogen-bond donors (Lipinski definition) is 2. The molecule has 0 unspecified atom stereocenters. The van der Waals surface area contributed by atoms with E-state index in [1.165, 1.54) is 4.90 Å². The smallest absolute Gasteiger partial charge is 0.326 e. The predicted molar refractivity (Wildman–Crippen MR) is 79.0 cm³/mol. The van der Waals surface area contributed by atoms with Gasteiger partial charge in [-0.25, -0.2) is 9.59 Å². The van der Waals surface area contributed by atoms with Gasteiger partial charge in [-0.1, -0.05) is 31.5 Å². The number of rotatable bonds is 5. The second-order valence-electron chi connectivity index (χ2n) is 5.36. The molecule has 0 bridgehead atoms. The summed E-state index contributed by atoms with van der Waals surface area (Å²) in [5.41, 5.74) is 1.83. The van der Waals surface area contributed by atoms with Crippen molar-refractivity contribution in [2.45, 2.75) is 33.2 Å². The highest BCUT2D eigenvalue weighted by molar-refractivity contribution is 5.93. The average Bonchev–Trinajstić information content (AvgIpc) is 2.37. The number of amides is 2. The molecule has 1 atom stereocenters. The number of aliphatic carboxylic acids is 1. The van der Waals surface area contributed by atoms with E-state index in [2.05, 4.69) is 5.32 Å². The summed E-state index contributed by atoms with van der Waals surface area (Å²) in [4.78, 5) is 24.6. The van der Waals surface area contributed by atoms with Crippen molar-refractivity contribution in [3.05, 3.63) is 29.8 Å². The van der Waals surface area contributed by atoms with Crippen LogP contribution in [-0.2, 0) is 4.79 Å². The molecule has 0 saturated carbocycles.